The Kier molecular flexibility index (Phi) is 6.45. The minimum absolute atomic E-state index is 0.0199. The third-order valence-electron chi connectivity index (χ3n) is 6.22. The van der Waals surface area contributed by atoms with Gasteiger partial charge in [-0.2, -0.15) is 5.26 Å². The zero-order valence-electron chi connectivity index (χ0n) is 19.0. The Bertz CT molecular complexity index is 1220. The summed E-state index contributed by atoms with van der Waals surface area (Å²) in [6.45, 7) is 5.00. The van der Waals surface area contributed by atoms with Crippen LogP contribution in [0.4, 0.5) is 8.78 Å². The van der Waals surface area contributed by atoms with Crippen LogP contribution in [0.25, 0.3) is 11.9 Å². The van der Waals surface area contributed by atoms with Crippen molar-refractivity contribution in [2.45, 2.75) is 43.4 Å². The highest BCUT2D eigenvalue weighted by Crippen LogP contribution is 2.47. The first-order chi connectivity index (χ1) is 16.1. The highest BCUT2D eigenvalue weighted by molar-refractivity contribution is 8.15. The second-order valence-corrected chi connectivity index (χ2v) is 10.5. The molecule has 2 aliphatic rings. The zero-order valence-corrected chi connectivity index (χ0v) is 19.8. The van der Waals surface area contributed by atoms with Crippen LogP contribution in [0.5, 0.6) is 0 Å². The van der Waals surface area contributed by atoms with Crippen molar-refractivity contribution in [2.75, 3.05) is 13.1 Å². The molecule has 1 aromatic heterocycles. The number of halogens is 2. The molecule has 176 valence electrons. The van der Waals surface area contributed by atoms with Gasteiger partial charge in [0.25, 0.3) is 0 Å². The van der Waals surface area contributed by atoms with Crippen molar-refractivity contribution in [2.24, 2.45) is 10.7 Å². The average Bonchev–Trinajstić information content (AvgIpc) is 3.33. The van der Waals surface area contributed by atoms with Gasteiger partial charge in [0, 0.05) is 31.3 Å². The van der Waals surface area contributed by atoms with E-state index >= 15 is 4.39 Å². The molecule has 0 saturated carbocycles. The fraction of sp³-hybridized carbons (Fsp3) is 0.360. The molecule has 2 aromatic rings. The van der Waals surface area contributed by atoms with Gasteiger partial charge in [0.05, 0.1) is 16.8 Å². The molecule has 0 radical (unpaired) electrons. The van der Waals surface area contributed by atoms with Gasteiger partial charge >= 0.3 is 0 Å². The number of rotatable bonds is 4. The first-order valence-electron chi connectivity index (χ1n) is 11.0. The lowest BCUT2D eigenvalue weighted by atomic mass is 9.81. The number of aliphatic imine (C=N–C) groups is 1. The number of hydrogen-bond donors (Lipinski definition) is 1. The summed E-state index contributed by atoms with van der Waals surface area (Å²) in [7, 11) is 0. The summed E-state index contributed by atoms with van der Waals surface area (Å²) >= 11 is 1.21. The number of nitrogens with two attached hydrogens (primary N) is 1. The summed E-state index contributed by atoms with van der Waals surface area (Å²) in [6, 6.07) is 9.08. The number of nitriles is 1. The predicted molar refractivity (Wildman–Crippen MR) is 130 cm³/mol. The molecule has 3 heterocycles. The predicted octanol–water partition coefficient (Wildman–Crippen LogP) is 4.61. The Hall–Kier alpha value is -3.25. The largest absolute Gasteiger partial charge is 0.378 e. The summed E-state index contributed by atoms with van der Waals surface area (Å²) in [5.74, 6) is -1.15. The van der Waals surface area contributed by atoms with Crippen LogP contribution in [-0.2, 0) is 10.3 Å². The summed E-state index contributed by atoms with van der Waals surface area (Å²) in [4.78, 5) is 23.6. The van der Waals surface area contributed by atoms with Gasteiger partial charge in [-0.15, -0.1) is 0 Å². The number of hydrogen-bond acceptors (Lipinski definition) is 6. The second kappa shape index (κ2) is 9.18. The van der Waals surface area contributed by atoms with Crippen molar-refractivity contribution < 1.29 is 13.6 Å². The van der Waals surface area contributed by atoms with E-state index in [0.29, 0.717) is 24.2 Å². The molecule has 1 amide bonds. The molecule has 34 heavy (non-hydrogen) atoms. The molecule has 1 fully saturated rings. The lowest BCUT2D eigenvalue weighted by Gasteiger charge is -2.41. The van der Waals surface area contributed by atoms with E-state index in [-0.39, 0.29) is 28.8 Å². The van der Waals surface area contributed by atoms with E-state index in [4.69, 9.17) is 11.0 Å². The number of carbonyl (C=O) groups excluding carboxylic acids is 1. The van der Waals surface area contributed by atoms with Crippen LogP contribution >= 0.6 is 11.8 Å². The summed E-state index contributed by atoms with van der Waals surface area (Å²) in [5, 5.41) is 9.10. The van der Waals surface area contributed by atoms with Gasteiger partial charge in [-0.3, -0.25) is 14.8 Å². The maximum atomic E-state index is 15.1. The van der Waals surface area contributed by atoms with E-state index in [1.807, 2.05) is 17.9 Å². The normalized spacial score (nSPS) is 25.1. The topological polar surface area (TPSA) is 95.4 Å². The van der Waals surface area contributed by atoms with Crippen molar-refractivity contribution in [3.05, 3.63) is 64.7 Å². The molecule has 0 unspecified atom stereocenters. The van der Waals surface area contributed by atoms with E-state index in [0.717, 1.165) is 12.8 Å². The molecule has 1 aromatic carbocycles. The molecule has 2 aliphatic heterocycles. The Balaban J connectivity index is 1.67. The Labute approximate surface area is 201 Å². The number of thioether (sulfide) groups is 1. The van der Waals surface area contributed by atoms with Crippen LogP contribution in [-0.4, -0.2) is 38.8 Å². The van der Waals surface area contributed by atoms with E-state index in [1.54, 1.807) is 6.92 Å². The molecule has 2 N–H and O–H groups in total. The van der Waals surface area contributed by atoms with Crippen molar-refractivity contribution in [3.8, 4) is 6.07 Å². The first kappa shape index (κ1) is 23.9. The van der Waals surface area contributed by atoms with Crippen LogP contribution in [0.1, 0.15) is 55.5 Å². The number of amides is 1. The maximum absolute atomic E-state index is 15.1. The number of nitrogens with zero attached hydrogens (tertiary/aromatic N) is 4. The zero-order chi connectivity index (χ0) is 24.5. The van der Waals surface area contributed by atoms with Crippen molar-refractivity contribution >= 4 is 34.7 Å². The summed E-state index contributed by atoms with van der Waals surface area (Å²) < 4.78 is 29.0. The number of aromatic nitrogens is 1. The quantitative estimate of drug-likeness (QED) is 0.688. The Morgan fingerprint density at radius 3 is 2.65 bits per heavy atom. The van der Waals surface area contributed by atoms with Gasteiger partial charge in [-0.05, 0) is 62.6 Å². The molecule has 0 bridgehead atoms. The molecule has 4 rings (SSSR count). The summed E-state index contributed by atoms with van der Waals surface area (Å²) in [5.41, 5.74) is 6.09. The maximum Gasteiger partial charge on any atom is 0.239 e. The second-order valence-electron chi connectivity index (χ2n) is 9.01. The highest BCUT2D eigenvalue weighted by atomic mass is 32.2. The standard InChI is InChI=1S/C25H25F2N5OS/c1-24(15-25(2,34-23(29)31-24)22(33)32-9-3-4-10-32)18-11-16(5-7-19(18)26)12-20(27)21-8-6-17(13-28)14-30-21/h5-8,11-12,14H,3-4,9-10,15H2,1-2H3,(H2,29,31)/b20-12-/t24-,25+/m0/s1. The molecular weight excluding hydrogens is 456 g/mol. The van der Waals surface area contributed by atoms with Crippen LogP contribution in [0, 0.1) is 17.1 Å². The van der Waals surface area contributed by atoms with Crippen molar-refractivity contribution in [1.29, 1.82) is 5.26 Å². The number of carbonyl (C=O) groups is 1. The SMILES string of the molecule is C[C@]1(C(=O)N2CCCC2)C[C@@](C)(c2cc(/C=C(\F)c3ccc(C#N)cn3)ccc2F)N=C(N)S1. The first-order valence-corrected chi connectivity index (χ1v) is 11.8. The smallest absolute Gasteiger partial charge is 0.239 e. The third kappa shape index (κ3) is 4.68. The van der Waals surface area contributed by atoms with Crippen LogP contribution in [0.3, 0.4) is 0 Å². The number of likely N-dealkylation sites (tertiary alicyclic amines) is 1. The van der Waals surface area contributed by atoms with E-state index in [2.05, 4.69) is 9.98 Å². The fourth-order valence-corrected chi connectivity index (χ4v) is 5.90. The molecule has 0 aliphatic carbocycles. The lowest BCUT2D eigenvalue weighted by Crippen LogP contribution is -2.51. The fourth-order valence-electron chi connectivity index (χ4n) is 4.63. The average molecular weight is 482 g/mol. The Morgan fingerprint density at radius 1 is 1.26 bits per heavy atom. The minimum atomic E-state index is -1.10. The molecule has 1 saturated heterocycles. The molecular formula is C25H25F2N5OS. The van der Waals surface area contributed by atoms with Gasteiger partial charge in [0.15, 0.2) is 5.17 Å². The Morgan fingerprint density at radius 2 is 2.00 bits per heavy atom. The van der Waals surface area contributed by atoms with Crippen LogP contribution < -0.4 is 5.73 Å². The van der Waals surface area contributed by atoms with Crippen molar-refractivity contribution in [1.82, 2.24) is 9.88 Å². The van der Waals surface area contributed by atoms with Gasteiger partial charge in [-0.25, -0.2) is 8.78 Å². The molecule has 6 nitrogen and oxygen atoms in total. The van der Waals surface area contributed by atoms with Gasteiger partial charge in [0.1, 0.15) is 22.5 Å². The van der Waals surface area contributed by atoms with Crippen molar-refractivity contribution in [3.63, 3.8) is 0 Å². The van der Waals surface area contributed by atoms with Gasteiger partial charge in [0.2, 0.25) is 5.91 Å². The lowest BCUT2D eigenvalue weighted by molar-refractivity contribution is -0.132. The number of benzene rings is 1. The van der Waals surface area contributed by atoms with E-state index < -0.39 is 21.9 Å². The third-order valence-corrected chi connectivity index (χ3v) is 7.29. The van der Waals surface area contributed by atoms with Crippen LogP contribution in [0.2, 0.25) is 0 Å². The van der Waals surface area contributed by atoms with Gasteiger partial charge in [-0.1, -0.05) is 17.8 Å². The molecule has 9 heteroatoms. The summed E-state index contributed by atoms with van der Waals surface area (Å²) in [6.07, 6.45) is 4.73. The van der Waals surface area contributed by atoms with E-state index in [9.17, 15) is 9.18 Å². The van der Waals surface area contributed by atoms with E-state index in [1.165, 1.54) is 54.4 Å². The van der Waals surface area contributed by atoms with Crippen LogP contribution in [0.15, 0.2) is 41.5 Å². The van der Waals surface area contributed by atoms with Gasteiger partial charge < -0.3 is 10.6 Å². The molecule has 2 atom stereocenters. The number of amidine groups is 1. The minimum Gasteiger partial charge on any atom is -0.378 e. The molecule has 0 spiro atoms. The number of pyridine rings is 1. The monoisotopic (exact) mass is 481 g/mol. The highest BCUT2D eigenvalue weighted by Gasteiger charge is 2.49.